The van der Waals surface area contributed by atoms with Gasteiger partial charge in [0.1, 0.15) is 5.75 Å². The molecule has 2 aliphatic rings. The van der Waals surface area contributed by atoms with Gasteiger partial charge < -0.3 is 20.7 Å². The predicted octanol–water partition coefficient (Wildman–Crippen LogP) is 1.14. The third-order valence-electron chi connectivity index (χ3n) is 4.88. The van der Waals surface area contributed by atoms with Crippen LogP contribution < -0.4 is 20.7 Å². The minimum absolute atomic E-state index is 0.0131. The van der Waals surface area contributed by atoms with Crippen LogP contribution in [-0.4, -0.2) is 38.6 Å². The largest absolute Gasteiger partial charge is 0.484 e. The van der Waals surface area contributed by atoms with Gasteiger partial charge in [-0.3, -0.25) is 9.59 Å². The Hall–Kier alpha value is -2.08. The van der Waals surface area contributed by atoms with Crippen LogP contribution in [0.3, 0.4) is 0 Å². The van der Waals surface area contributed by atoms with Crippen LogP contribution in [0.15, 0.2) is 24.3 Å². The molecule has 1 unspecified atom stereocenters. The van der Waals surface area contributed by atoms with Gasteiger partial charge in [-0.05, 0) is 62.0 Å². The van der Waals surface area contributed by atoms with Gasteiger partial charge in [-0.25, -0.2) is 0 Å². The molecule has 6 heteroatoms. The summed E-state index contributed by atoms with van der Waals surface area (Å²) in [6.07, 6.45) is 3.20. The number of carbonyl (C=O) groups is 2. The first-order valence-corrected chi connectivity index (χ1v) is 8.08. The Kier molecular flexibility index (Phi) is 4.52. The Morgan fingerprint density at radius 1 is 1.26 bits per heavy atom. The minimum atomic E-state index is -0.177. The molecule has 2 amide bonds. The standard InChI is InChI=1S/C17H23N3O3/c1-18-15(21)11-23-13-4-2-12(3-5-13)20-16(22)14-10-17(14)6-8-19-9-7-17/h2-5,14,19H,6-11H2,1H3,(H,18,21)(H,20,22). The highest BCUT2D eigenvalue weighted by Crippen LogP contribution is 2.58. The van der Waals surface area contributed by atoms with Crippen LogP contribution in [0.2, 0.25) is 0 Å². The molecule has 2 fully saturated rings. The number of piperidine rings is 1. The minimum Gasteiger partial charge on any atom is -0.484 e. The van der Waals surface area contributed by atoms with Gasteiger partial charge in [0, 0.05) is 18.7 Å². The summed E-state index contributed by atoms with van der Waals surface area (Å²) in [5.74, 6) is 0.691. The first kappa shape index (κ1) is 15.8. The number of ether oxygens (including phenoxy) is 1. The van der Waals surface area contributed by atoms with Gasteiger partial charge >= 0.3 is 0 Å². The summed E-state index contributed by atoms with van der Waals surface area (Å²) in [4.78, 5) is 23.5. The fourth-order valence-corrected chi connectivity index (χ4v) is 3.28. The monoisotopic (exact) mass is 317 g/mol. The van der Waals surface area contributed by atoms with E-state index in [1.165, 1.54) is 0 Å². The lowest BCUT2D eigenvalue weighted by atomic mass is 9.92. The maximum Gasteiger partial charge on any atom is 0.257 e. The van der Waals surface area contributed by atoms with Crippen LogP contribution in [0.4, 0.5) is 5.69 Å². The predicted molar refractivity (Wildman–Crippen MR) is 87.3 cm³/mol. The second-order valence-electron chi connectivity index (χ2n) is 6.34. The number of anilines is 1. The van der Waals surface area contributed by atoms with E-state index >= 15 is 0 Å². The van der Waals surface area contributed by atoms with Gasteiger partial charge in [0.25, 0.3) is 5.91 Å². The van der Waals surface area contributed by atoms with Crippen LogP contribution in [0, 0.1) is 11.3 Å². The van der Waals surface area contributed by atoms with E-state index < -0.39 is 0 Å². The zero-order valence-electron chi connectivity index (χ0n) is 13.4. The third-order valence-corrected chi connectivity index (χ3v) is 4.88. The van der Waals surface area contributed by atoms with Gasteiger partial charge in [-0.2, -0.15) is 0 Å². The second kappa shape index (κ2) is 6.58. The summed E-state index contributed by atoms with van der Waals surface area (Å²) >= 11 is 0. The molecule has 1 aliphatic heterocycles. The fraction of sp³-hybridized carbons (Fsp3) is 0.529. The van der Waals surface area contributed by atoms with Crippen molar-refractivity contribution in [3.8, 4) is 5.75 Å². The number of likely N-dealkylation sites (N-methyl/N-ethyl adjacent to an activating group) is 1. The van der Waals surface area contributed by atoms with Crippen molar-refractivity contribution in [3.05, 3.63) is 24.3 Å². The number of nitrogens with one attached hydrogen (secondary N) is 3. The van der Waals surface area contributed by atoms with Crippen LogP contribution in [0.5, 0.6) is 5.75 Å². The van der Waals surface area contributed by atoms with Crippen molar-refractivity contribution in [2.75, 3.05) is 32.1 Å². The maximum absolute atomic E-state index is 12.4. The van der Waals surface area contributed by atoms with E-state index in [1.807, 2.05) is 0 Å². The smallest absolute Gasteiger partial charge is 0.257 e. The highest BCUT2D eigenvalue weighted by molar-refractivity contribution is 5.95. The normalized spacial score (nSPS) is 21.5. The van der Waals surface area contributed by atoms with Crippen LogP contribution in [0.25, 0.3) is 0 Å². The Bertz CT molecular complexity index is 579. The van der Waals surface area contributed by atoms with Gasteiger partial charge in [0.15, 0.2) is 6.61 Å². The average molecular weight is 317 g/mol. The summed E-state index contributed by atoms with van der Waals surface area (Å²) in [5.41, 5.74) is 1.00. The molecule has 1 atom stereocenters. The SMILES string of the molecule is CNC(=O)COc1ccc(NC(=O)C2CC23CCNCC3)cc1. The van der Waals surface area contributed by atoms with Crippen LogP contribution in [0.1, 0.15) is 19.3 Å². The first-order valence-electron chi connectivity index (χ1n) is 8.08. The lowest BCUT2D eigenvalue weighted by Gasteiger charge is -2.23. The molecule has 0 aromatic heterocycles. The van der Waals surface area contributed by atoms with Crippen molar-refractivity contribution in [1.29, 1.82) is 0 Å². The molecule has 1 aliphatic carbocycles. The number of carbonyl (C=O) groups excluding carboxylic acids is 2. The summed E-state index contributed by atoms with van der Waals surface area (Å²) in [5, 5.41) is 8.83. The van der Waals surface area contributed by atoms with Gasteiger partial charge in [-0.1, -0.05) is 0 Å². The van der Waals surface area contributed by atoms with Crippen LogP contribution in [-0.2, 0) is 9.59 Å². The van der Waals surface area contributed by atoms with Crippen molar-refractivity contribution in [2.24, 2.45) is 11.3 Å². The Labute approximate surface area is 136 Å². The number of rotatable bonds is 5. The fourth-order valence-electron chi connectivity index (χ4n) is 3.28. The molecule has 1 aromatic carbocycles. The molecule has 3 rings (SSSR count). The van der Waals surface area contributed by atoms with Crippen molar-refractivity contribution in [2.45, 2.75) is 19.3 Å². The zero-order chi connectivity index (χ0) is 16.3. The summed E-state index contributed by atoms with van der Waals surface area (Å²) in [6.45, 7) is 2.02. The van der Waals surface area contributed by atoms with E-state index in [0.717, 1.165) is 38.0 Å². The summed E-state index contributed by atoms with van der Waals surface area (Å²) in [7, 11) is 1.57. The van der Waals surface area contributed by atoms with Crippen molar-refractivity contribution < 1.29 is 14.3 Å². The van der Waals surface area contributed by atoms with Crippen LogP contribution >= 0.6 is 0 Å². The number of benzene rings is 1. The lowest BCUT2D eigenvalue weighted by molar-refractivity contribution is -0.122. The molecule has 1 saturated carbocycles. The molecule has 1 saturated heterocycles. The lowest BCUT2D eigenvalue weighted by Crippen LogP contribution is -2.31. The molecule has 1 aromatic rings. The highest BCUT2D eigenvalue weighted by Gasteiger charge is 2.57. The molecule has 0 bridgehead atoms. The average Bonchev–Trinajstić information content (AvgIpc) is 3.27. The Morgan fingerprint density at radius 2 is 1.96 bits per heavy atom. The van der Waals surface area contributed by atoms with E-state index in [-0.39, 0.29) is 29.8 Å². The van der Waals surface area contributed by atoms with Crippen molar-refractivity contribution >= 4 is 17.5 Å². The molecule has 1 spiro atoms. The molecular formula is C17H23N3O3. The second-order valence-corrected chi connectivity index (χ2v) is 6.34. The van der Waals surface area contributed by atoms with E-state index in [2.05, 4.69) is 16.0 Å². The van der Waals surface area contributed by atoms with Gasteiger partial charge in [-0.15, -0.1) is 0 Å². The third kappa shape index (κ3) is 3.64. The molecule has 23 heavy (non-hydrogen) atoms. The molecule has 0 radical (unpaired) electrons. The van der Waals surface area contributed by atoms with E-state index in [1.54, 1.807) is 31.3 Å². The first-order chi connectivity index (χ1) is 11.1. The van der Waals surface area contributed by atoms with E-state index in [0.29, 0.717) is 5.75 Å². The number of amides is 2. The molecule has 6 nitrogen and oxygen atoms in total. The molecule has 1 heterocycles. The Balaban J connectivity index is 1.50. The number of hydrogen-bond donors (Lipinski definition) is 3. The van der Waals surface area contributed by atoms with E-state index in [4.69, 9.17) is 4.74 Å². The van der Waals surface area contributed by atoms with E-state index in [9.17, 15) is 9.59 Å². The molecular weight excluding hydrogens is 294 g/mol. The van der Waals surface area contributed by atoms with Gasteiger partial charge in [0.2, 0.25) is 5.91 Å². The number of hydrogen-bond acceptors (Lipinski definition) is 4. The molecule has 3 N–H and O–H groups in total. The summed E-state index contributed by atoms with van der Waals surface area (Å²) in [6, 6.07) is 7.11. The zero-order valence-corrected chi connectivity index (χ0v) is 13.4. The van der Waals surface area contributed by atoms with Crippen molar-refractivity contribution in [3.63, 3.8) is 0 Å². The quantitative estimate of drug-likeness (QED) is 0.761. The van der Waals surface area contributed by atoms with Crippen molar-refractivity contribution in [1.82, 2.24) is 10.6 Å². The maximum atomic E-state index is 12.4. The molecule has 124 valence electrons. The Morgan fingerprint density at radius 3 is 2.61 bits per heavy atom. The highest BCUT2D eigenvalue weighted by atomic mass is 16.5. The topological polar surface area (TPSA) is 79.5 Å². The van der Waals surface area contributed by atoms with Gasteiger partial charge in [0.05, 0.1) is 0 Å². The summed E-state index contributed by atoms with van der Waals surface area (Å²) < 4.78 is 5.34.